The van der Waals surface area contributed by atoms with Crippen LogP contribution in [0.5, 0.6) is 0 Å². The second-order valence-electron chi connectivity index (χ2n) is 5.01. The lowest BCUT2D eigenvalue weighted by Gasteiger charge is -2.25. The van der Waals surface area contributed by atoms with Gasteiger partial charge in [0.05, 0.1) is 12.3 Å². The zero-order valence-corrected chi connectivity index (χ0v) is 12.7. The van der Waals surface area contributed by atoms with E-state index < -0.39 is 53.4 Å². The van der Waals surface area contributed by atoms with Gasteiger partial charge in [0.2, 0.25) is 0 Å². The summed E-state index contributed by atoms with van der Waals surface area (Å²) in [5.41, 5.74) is 4.20. The highest BCUT2D eigenvalue weighted by Gasteiger charge is 2.57. The van der Waals surface area contributed by atoms with Crippen LogP contribution in [0.1, 0.15) is 13.2 Å². The van der Waals surface area contributed by atoms with Crippen LogP contribution in [0, 0.1) is 17.7 Å². The monoisotopic (exact) mass is 349 g/mol. The van der Waals surface area contributed by atoms with E-state index >= 15 is 0 Å². The maximum Gasteiger partial charge on any atom is 0.351 e. The van der Waals surface area contributed by atoms with Crippen LogP contribution in [-0.4, -0.2) is 49.6 Å². The minimum atomic E-state index is -1.98. The van der Waals surface area contributed by atoms with Crippen LogP contribution in [0.15, 0.2) is 11.0 Å². The first-order valence-corrected chi connectivity index (χ1v) is 6.90. The molecular formula is C13H14ClF2N3O4. The number of halogens is 3. The Balaban J connectivity index is 2.58. The van der Waals surface area contributed by atoms with Crippen LogP contribution in [-0.2, 0) is 4.74 Å². The first kappa shape index (κ1) is 17.6. The van der Waals surface area contributed by atoms with Crippen molar-refractivity contribution >= 4 is 17.4 Å². The van der Waals surface area contributed by atoms with Gasteiger partial charge in [0.1, 0.15) is 18.9 Å². The summed E-state index contributed by atoms with van der Waals surface area (Å²) in [4.78, 5) is 13.2. The SMILES string of the molecule is C[C@@H](O)[C@H]1O[C@@H](n2cc(F)c(N)nc2=O)C(Cl)(C#CCF)[C@H]1O. The van der Waals surface area contributed by atoms with Gasteiger partial charge in [-0.2, -0.15) is 4.98 Å². The molecule has 4 N–H and O–H groups in total. The molecule has 0 saturated carbocycles. The molecule has 1 fully saturated rings. The molecule has 1 aliphatic heterocycles. The van der Waals surface area contributed by atoms with Crippen molar-refractivity contribution in [3.63, 3.8) is 0 Å². The molecule has 1 saturated heterocycles. The number of aromatic nitrogens is 2. The number of anilines is 1. The molecule has 0 radical (unpaired) electrons. The molecule has 0 aromatic carbocycles. The number of hydrogen-bond donors (Lipinski definition) is 3. The Hall–Kier alpha value is -1.73. The van der Waals surface area contributed by atoms with E-state index in [2.05, 4.69) is 10.9 Å². The number of hydrogen-bond acceptors (Lipinski definition) is 6. The second-order valence-corrected chi connectivity index (χ2v) is 5.63. The Morgan fingerprint density at radius 1 is 1.70 bits per heavy atom. The molecule has 1 aromatic heterocycles. The van der Waals surface area contributed by atoms with E-state index in [1.54, 1.807) is 0 Å². The number of alkyl halides is 2. The van der Waals surface area contributed by atoms with Crippen LogP contribution >= 0.6 is 11.6 Å². The smallest absolute Gasteiger partial charge is 0.351 e. The predicted octanol–water partition coefficient (Wildman–Crippen LogP) is -0.446. The largest absolute Gasteiger partial charge is 0.391 e. The van der Waals surface area contributed by atoms with E-state index in [4.69, 9.17) is 22.1 Å². The maximum absolute atomic E-state index is 13.6. The lowest BCUT2D eigenvalue weighted by Crippen LogP contribution is -2.44. The average Bonchev–Trinajstić information content (AvgIpc) is 2.74. The van der Waals surface area contributed by atoms with Gasteiger partial charge >= 0.3 is 5.69 Å². The Morgan fingerprint density at radius 3 is 2.91 bits per heavy atom. The predicted molar refractivity (Wildman–Crippen MR) is 76.8 cm³/mol. The highest BCUT2D eigenvalue weighted by Crippen LogP contribution is 2.43. The molecule has 0 amide bonds. The first-order valence-electron chi connectivity index (χ1n) is 6.53. The van der Waals surface area contributed by atoms with Crippen molar-refractivity contribution in [2.75, 3.05) is 12.4 Å². The van der Waals surface area contributed by atoms with E-state index in [-0.39, 0.29) is 0 Å². The van der Waals surface area contributed by atoms with E-state index in [1.165, 1.54) is 6.92 Å². The summed E-state index contributed by atoms with van der Waals surface area (Å²) >= 11 is 6.24. The van der Waals surface area contributed by atoms with Gasteiger partial charge in [0, 0.05) is 0 Å². The van der Waals surface area contributed by atoms with Crippen molar-refractivity contribution in [2.45, 2.75) is 36.3 Å². The molecule has 23 heavy (non-hydrogen) atoms. The fourth-order valence-corrected chi connectivity index (χ4v) is 2.63. The molecule has 0 bridgehead atoms. The number of rotatable bonds is 2. The Labute approximate surface area is 134 Å². The quantitative estimate of drug-likeness (QED) is 0.493. The van der Waals surface area contributed by atoms with E-state index in [1.807, 2.05) is 5.92 Å². The van der Waals surface area contributed by atoms with Crippen molar-refractivity contribution < 1.29 is 23.7 Å². The molecule has 0 aliphatic carbocycles. The Kier molecular flexibility index (Phi) is 4.91. The highest BCUT2D eigenvalue weighted by molar-refractivity contribution is 6.27. The van der Waals surface area contributed by atoms with Crippen molar-refractivity contribution in [1.29, 1.82) is 0 Å². The third kappa shape index (κ3) is 3.03. The summed E-state index contributed by atoms with van der Waals surface area (Å²) in [5, 5.41) is 19.9. The molecule has 2 rings (SSSR count). The molecule has 1 aliphatic rings. The Morgan fingerprint density at radius 2 is 2.35 bits per heavy atom. The van der Waals surface area contributed by atoms with Crippen LogP contribution < -0.4 is 11.4 Å². The van der Waals surface area contributed by atoms with Gasteiger partial charge < -0.3 is 20.7 Å². The lowest BCUT2D eigenvalue weighted by atomic mass is 9.96. The molecule has 1 aromatic rings. The number of nitrogen functional groups attached to an aromatic ring is 1. The topological polar surface area (TPSA) is 111 Å². The first-order chi connectivity index (χ1) is 10.7. The van der Waals surface area contributed by atoms with Crippen molar-refractivity contribution in [3.05, 3.63) is 22.5 Å². The molecule has 0 spiro atoms. The van der Waals surface area contributed by atoms with Crippen LogP contribution in [0.4, 0.5) is 14.6 Å². The van der Waals surface area contributed by atoms with Gasteiger partial charge in [-0.3, -0.25) is 4.57 Å². The van der Waals surface area contributed by atoms with Crippen LogP contribution in [0.25, 0.3) is 0 Å². The third-order valence-electron chi connectivity index (χ3n) is 3.40. The maximum atomic E-state index is 13.6. The summed E-state index contributed by atoms with van der Waals surface area (Å²) in [7, 11) is 0. The van der Waals surface area contributed by atoms with Gasteiger partial charge in [-0.05, 0) is 6.92 Å². The summed E-state index contributed by atoms with van der Waals surface area (Å²) < 4.78 is 32.0. The number of ether oxygens (including phenoxy) is 1. The molecule has 5 atom stereocenters. The van der Waals surface area contributed by atoms with Gasteiger partial charge in [0.25, 0.3) is 0 Å². The fraction of sp³-hybridized carbons (Fsp3) is 0.538. The second kappa shape index (κ2) is 6.41. The zero-order chi connectivity index (χ0) is 17.4. The number of nitrogens with zero attached hydrogens (tertiary/aromatic N) is 2. The third-order valence-corrected chi connectivity index (χ3v) is 3.90. The number of aliphatic hydroxyl groups is 2. The fourth-order valence-electron chi connectivity index (χ4n) is 2.28. The summed E-state index contributed by atoms with van der Waals surface area (Å²) in [6.07, 6.45) is -4.78. The van der Waals surface area contributed by atoms with Gasteiger partial charge in [0.15, 0.2) is 22.7 Å². The highest BCUT2D eigenvalue weighted by atomic mass is 35.5. The van der Waals surface area contributed by atoms with Gasteiger partial charge in [-0.25, -0.2) is 13.6 Å². The standard InChI is InChI=1S/C13H14ClF2N3O4/c1-6(20)8-9(21)13(14,3-2-4-15)11(23-8)19-5-7(16)10(17)18-12(19)22/h5-6,8-9,11,20-21H,4H2,1H3,(H2,17,18,22)/t6-,8-,9+,11-,13?/m1/s1. The Bertz CT molecular complexity index is 717. The molecule has 10 heteroatoms. The molecule has 7 nitrogen and oxygen atoms in total. The van der Waals surface area contributed by atoms with Gasteiger partial charge in [-0.15, -0.1) is 0 Å². The van der Waals surface area contributed by atoms with E-state index in [0.29, 0.717) is 10.8 Å². The number of aliphatic hydroxyl groups excluding tert-OH is 2. The minimum absolute atomic E-state index is 0.619. The molecule has 1 unspecified atom stereocenters. The minimum Gasteiger partial charge on any atom is -0.391 e. The lowest BCUT2D eigenvalue weighted by molar-refractivity contribution is -0.0774. The van der Waals surface area contributed by atoms with Crippen molar-refractivity contribution in [3.8, 4) is 11.8 Å². The normalized spacial score (nSPS) is 31.5. The summed E-state index contributed by atoms with van der Waals surface area (Å²) in [6.45, 7) is 0.261. The molecule has 2 heterocycles. The molecule has 126 valence electrons. The molecular weight excluding hydrogens is 336 g/mol. The van der Waals surface area contributed by atoms with Crippen LogP contribution in [0.2, 0.25) is 0 Å². The number of nitrogens with two attached hydrogens (primary N) is 1. The van der Waals surface area contributed by atoms with E-state index in [0.717, 1.165) is 0 Å². The van der Waals surface area contributed by atoms with Crippen molar-refractivity contribution in [1.82, 2.24) is 9.55 Å². The van der Waals surface area contributed by atoms with Crippen LogP contribution in [0.3, 0.4) is 0 Å². The summed E-state index contributed by atoms with van der Waals surface area (Å²) in [6, 6.07) is 0. The average molecular weight is 350 g/mol. The van der Waals surface area contributed by atoms with Crippen molar-refractivity contribution in [2.24, 2.45) is 0 Å². The van der Waals surface area contributed by atoms with E-state index in [9.17, 15) is 23.8 Å². The summed E-state index contributed by atoms with van der Waals surface area (Å²) in [5.74, 6) is 2.67. The van der Waals surface area contributed by atoms with Gasteiger partial charge in [-0.1, -0.05) is 23.4 Å². The zero-order valence-electron chi connectivity index (χ0n) is 11.9.